The highest BCUT2D eigenvalue weighted by Crippen LogP contribution is 2.19. The molecule has 0 radical (unpaired) electrons. The van der Waals surface area contributed by atoms with Gasteiger partial charge < -0.3 is 10.6 Å². The molecule has 25 heavy (non-hydrogen) atoms. The second-order valence-corrected chi connectivity index (χ2v) is 7.10. The first-order valence-corrected chi connectivity index (χ1v) is 9.18. The first kappa shape index (κ1) is 21.9. The number of aliphatic imine (C=N–C) groups is 1. The van der Waals surface area contributed by atoms with Crippen molar-refractivity contribution in [1.82, 2.24) is 25.4 Å². The Morgan fingerprint density at radius 1 is 1.32 bits per heavy atom. The lowest BCUT2D eigenvalue weighted by atomic mass is 10.2. The summed E-state index contributed by atoms with van der Waals surface area (Å²) in [6.45, 7) is 10.0. The fraction of sp³-hybridized carbons (Fsp3) is 0.588. The van der Waals surface area contributed by atoms with E-state index in [-0.39, 0.29) is 24.0 Å². The molecule has 0 amide bonds. The van der Waals surface area contributed by atoms with Crippen molar-refractivity contribution in [2.24, 2.45) is 12.0 Å². The number of hydrogen-bond donors (Lipinski definition) is 2. The van der Waals surface area contributed by atoms with Crippen LogP contribution in [0.1, 0.15) is 47.4 Å². The van der Waals surface area contributed by atoms with Crippen LogP contribution in [-0.2, 0) is 20.0 Å². The van der Waals surface area contributed by atoms with Gasteiger partial charge in [-0.2, -0.15) is 5.10 Å². The number of hydrogen-bond acceptors (Lipinski definition) is 4. The van der Waals surface area contributed by atoms with E-state index >= 15 is 0 Å². The van der Waals surface area contributed by atoms with E-state index in [0.717, 1.165) is 36.9 Å². The summed E-state index contributed by atoms with van der Waals surface area (Å²) >= 11 is 1.74. The van der Waals surface area contributed by atoms with Crippen LogP contribution in [-0.4, -0.2) is 34.3 Å². The average molecular weight is 476 g/mol. The number of aromatic nitrogens is 3. The van der Waals surface area contributed by atoms with Crippen molar-refractivity contribution in [2.75, 3.05) is 13.6 Å². The molecule has 2 aromatic rings. The van der Waals surface area contributed by atoms with Crippen LogP contribution in [0.3, 0.4) is 0 Å². The Morgan fingerprint density at radius 2 is 2.04 bits per heavy atom. The summed E-state index contributed by atoms with van der Waals surface area (Å²) in [5.74, 6) is 1.30. The van der Waals surface area contributed by atoms with E-state index < -0.39 is 0 Å². The van der Waals surface area contributed by atoms with Gasteiger partial charge in [-0.05, 0) is 13.8 Å². The number of guanidine groups is 1. The minimum atomic E-state index is 0. The van der Waals surface area contributed by atoms with E-state index in [1.807, 2.05) is 18.7 Å². The highest BCUT2D eigenvalue weighted by atomic mass is 127. The molecule has 0 aliphatic rings. The molecule has 140 valence electrons. The van der Waals surface area contributed by atoms with Gasteiger partial charge in [0, 0.05) is 56.2 Å². The molecule has 0 spiro atoms. The third-order valence-corrected chi connectivity index (χ3v) is 5.25. The quantitative estimate of drug-likeness (QED) is 0.382. The van der Waals surface area contributed by atoms with E-state index in [2.05, 4.69) is 51.9 Å². The van der Waals surface area contributed by atoms with E-state index in [0.29, 0.717) is 5.92 Å². The first-order chi connectivity index (χ1) is 11.4. The topological polar surface area (TPSA) is 67.1 Å². The normalized spacial score (nSPS) is 11.6. The maximum absolute atomic E-state index is 4.66. The van der Waals surface area contributed by atoms with E-state index in [1.165, 1.54) is 16.3 Å². The monoisotopic (exact) mass is 476 g/mol. The van der Waals surface area contributed by atoms with Gasteiger partial charge in [0.15, 0.2) is 5.96 Å². The molecule has 0 atom stereocenters. The SMILES string of the molecule is CN=C(NCCc1csc(C(C)C)n1)NCc1c(C)nn(C)c1C.I. The molecular weight excluding hydrogens is 447 g/mol. The number of rotatable bonds is 6. The van der Waals surface area contributed by atoms with Crippen LogP contribution in [0, 0.1) is 13.8 Å². The second kappa shape index (κ2) is 10.1. The first-order valence-electron chi connectivity index (χ1n) is 8.30. The Kier molecular flexibility index (Phi) is 8.84. The minimum Gasteiger partial charge on any atom is -0.356 e. The minimum absolute atomic E-state index is 0. The largest absolute Gasteiger partial charge is 0.356 e. The molecule has 6 nitrogen and oxygen atoms in total. The highest BCUT2D eigenvalue weighted by Gasteiger charge is 2.10. The van der Waals surface area contributed by atoms with Gasteiger partial charge in [0.1, 0.15) is 0 Å². The third-order valence-electron chi connectivity index (χ3n) is 4.05. The molecule has 0 aromatic carbocycles. The molecule has 2 N–H and O–H groups in total. The summed E-state index contributed by atoms with van der Waals surface area (Å²) < 4.78 is 1.91. The van der Waals surface area contributed by atoms with Gasteiger partial charge in [0.2, 0.25) is 0 Å². The summed E-state index contributed by atoms with van der Waals surface area (Å²) in [6.07, 6.45) is 0.898. The fourth-order valence-corrected chi connectivity index (χ4v) is 3.35. The second-order valence-electron chi connectivity index (χ2n) is 6.21. The lowest BCUT2D eigenvalue weighted by Gasteiger charge is -2.11. The van der Waals surface area contributed by atoms with Crippen molar-refractivity contribution < 1.29 is 0 Å². The van der Waals surface area contributed by atoms with Crippen molar-refractivity contribution in [3.63, 3.8) is 0 Å². The molecule has 0 saturated carbocycles. The zero-order chi connectivity index (χ0) is 17.7. The Bertz CT molecular complexity index is 704. The average Bonchev–Trinajstić information content (AvgIpc) is 3.10. The molecule has 0 bridgehead atoms. The van der Waals surface area contributed by atoms with Crippen molar-refractivity contribution in [1.29, 1.82) is 0 Å². The molecule has 8 heteroatoms. The molecule has 2 rings (SSSR count). The molecule has 0 aliphatic carbocycles. The van der Waals surface area contributed by atoms with Crippen LogP contribution in [0.5, 0.6) is 0 Å². The van der Waals surface area contributed by atoms with Gasteiger partial charge in [0.05, 0.1) is 16.4 Å². The van der Waals surface area contributed by atoms with Crippen LogP contribution in [0.15, 0.2) is 10.4 Å². The molecule has 0 aliphatic heterocycles. The fourth-order valence-electron chi connectivity index (χ4n) is 2.48. The maximum Gasteiger partial charge on any atom is 0.191 e. The third kappa shape index (κ3) is 5.95. The zero-order valence-corrected chi connectivity index (χ0v) is 19.0. The molecule has 0 saturated heterocycles. The van der Waals surface area contributed by atoms with Crippen molar-refractivity contribution in [3.8, 4) is 0 Å². The highest BCUT2D eigenvalue weighted by molar-refractivity contribution is 14.0. The van der Waals surface area contributed by atoms with Crippen LogP contribution in [0.25, 0.3) is 0 Å². The van der Waals surface area contributed by atoms with Crippen LogP contribution in [0.4, 0.5) is 0 Å². The summed E-state index contributed by atoms with van der Waals surface area (Å²) in [7, 11) is 3.76. The smallest absolute Gasteiger partial charge is 0.191 e. The van der Waals surface area contributed by atoms with E-state index in [9.17, 15) is 0 Å². The van der Waals surface area contributed by atoms with Crippen molar-refractivity contribution in [2.45, 2.75) is 46.6 Å². The van der Waals surface area contributed by atoms with Gasteiger partial charge in [-0.1, -0.05) is 13.8 Å². The standard InChI is InChI=1S/C17H28N6S.HI/c1-11(2)16-21-14(10-24-16)7-8-19-17(18-5)20-9-15-12(3)22-23(6)13(15)4;/h10-11H,7-9H2,1-6H3,(H2,18,19,20);1H. The van der Waals surface area contributed by atoms with Crippen molar-refractivity contribution >= 4 is 41.3 Å². The van der Waals surface area contributed by atoms with E-state index in [4.69, 9.17) is 0 Å². The molecule has 2 heterocycles. The summed E-state index contributed by atoms with van der Waals surface area (Å²) in [5.41, 5.74) is 4.60. The Balaban J connectivity index is 0.00000312. The predicted molar refractivity (Wildman–Crippen MR) is 116 cm³/mol. The maximum atomic E-state index is 4.66. The van der Waals surface area contributed by atoms with Gasteiger partial charge in [-0.15, -0.1) is 35.3 Å². The Hall–Kier alpha value is -1.16. The predicted octanol–water partition coefficient (Wildman–Crippen LogP) is 3.14. The summed E-state index contributed by atoms with van der Waals surface area (Å²) in [4.78, 5) is 8.94. The molecule has 2 aromatic heterocycles. The lowest BCUT2D eigenvalue weighted by molar-refractivity contribution is 0.728. The van der Waals surface area contributed by atoms with Crippen LogP contribution < -0.4 is 10.6 Å². The zero-order valence-electron chi connectivity index (χ0n) is 15.9. The number of halogens is 1. The molecule has 0 fully saturated rings. The van der Waals surface area contributed by atoms with Crippen LogP contribution in [0.2, 0.25) is 0 Å². The van der Waals surface area contributed by atoms with Gasteiger partial charge in [-0.25, -0.2) is 4.98 Å². The molecule has 0 unspecified atom stereocenters. The summed E-state index contributed by atoms with van der Waals surface area (Å²) in [6, 6.07) is 0. The van der Waals surface area contributed by atoms with E-state index in [1.54, 1.807) is 18.4 Å². The molecular formula is C17H29IN6S. The Labute approximate surface area is 171 Å². The lowest BCUT2D eigenvalue weighted by Crippen LogP contribution is -2.38. The van der Waals surface area contributed by atoms with Gasteiger partial charge in [0.25, 0.3) is 0 Å². The van der Waals surface area contributed by atoms with Gasteiger partial charge in [-0.3, -0.25) is 9.67 Å². The number of nitrogens with one attached hydrogen (secondary N) is 2. The van der Waals surface area contributed by atoms with Gasteiger partial charge >= 0.3 is 0 Å². The summed E-state index contributed by atoms with van der Waals surface area (Å²) in [5, 5.41) is 14.5. The van der Waals surface area contributed by atoms with Crippen LogP contribution >= 0.6 is 35.3 Å². The number of thiazole rings is 1. The number of aryl methyl sites for hydroxylation is 2. The number of nitrogens with zero attached hydrogens (tertiary/aromatic N) is 4. The Morgan fingerprint density at radius 3 is 2.56 bits per heavy atom. The van der Waals surface area contributed by atoms with Crippen molar-refractivity contribution in [3.05, 3.63) is 33.0 Å².